The van der Waals surface area contributed by atoms with Gasteiger partial charge in [-0.15, -0.1) is 0 Å². The van der Waals surface area contributed by atoms with Crippen LogP contribution in [0.5, 0.6) is 11.5 Å². The molecule has 0 atom stereocenters. The largest absolute Gasteiger partial charge is 0.507 e. The predicted octanol–water partition coefficient (Wildman–Crippen LogP) is 5.23. The van der Waals surface area contributed by atoms with Crippen molar-refractivity contribution in [1.82, 2.24) is 9.78 Å². The lowest BCUT2D eigenvalue weighted by molar-refractivity contribution is 0.415. The van der Waals surface area contributed by atoms with E-state index in [2.05, 4.69) is 0 Å². The van der Waals surface area contributed by atoms with Gasteiger partial charge < -0.3 is 9.84 Å². The molecule has 3 aromatic carbocycles. The Hall–Kier alpha value is -3.53. The number of rotatable bonds is 4. The minimum absolute atomic E-state index is 0.239. The van der Waals surface area contributed by atoms with Gasteiger partial charge in [0.15, 0.2) is 0 Å². The van der Waals surface area contributed by atoms with E-state index >= 15 is 0 Å². The Morgan fingerprint density at radius 3 is 2.19 bits per heavy atom. The number of aryl methyl sites for hydroxylation is 1. The highest BCUT2D eigenvalue weighted by molar-refractivity contribution is 5.86. The quantitative estimate of drug-likeness (QED) is 0.545. The van der Waals surface area contributed by atoms with Crippen molar-refractivity contribution in [3.63, 3.8) is 0 Å². The van der Waals surface area contributed by atoms with Crippen molar-refractivity contribution in [1.29, 1.82) is 0 Å². The Kier molecular flexibility index (Phi) is 4.38. The zero-order valence-corrected chi connectivity index (χ0v) is 15.3. The first-order chi connectivity index (χ1) is 13.2. The molecule has 1 heterocycles. The Balaban J connectivity index is 2.01. The van der Waals surface area contributed by atoms with Gasteiger partial charge in [-0.1, -0.05) is 36.4 Å². The minimum atomic E-state index is 0.239. The van der Waals surface area contributed by atoms with E-state index in [1.807, 2.05) is 84.4 Å². The summed E-state index contributed by atoms with van der Waals surface area (Å²) in [5.74, 6) is 1.04. The molecule has 1 N–H and O–H groups in total. The summed E-state index contributed by atoms with van der Waals surface area (Å²) >= 11 is 0. The molecule has 0 fully saturated rings. The third-order valence-corrected chi connectivity index (χ3v) is 4.60. The van der Waals surface area contributed by atoms with Crippen LogP contribution >= 0.6 is 0 Å². The van der Waals surface area contributed by atoms with Gasteiger partial charge in [-0.05, 0) is 49.4 Å². The lowest BCUT2D eigenvalue weighted by atomic mass is 9.98. The third-order valence-electron chi connectivity index (χ3n) is 4.60. The molecule has 0 radical (unpaired) electrons. The molecule has 0 aliphatic rings. The van der Waals surface area contributed by atoms with Gasteiger partial charge in [-0.25, -0.2) is 4.68 Å². The summed E-state index contributed by atoms with van der Waals surface area (Å²) in [6, 6.07) is 25.3. The number of aromatic nitrogens is 2. The number of aromatic hydroxyl groups is 1. The molecule has 0 saturated heterocycles. The molecule has 4 heteroatoms. The number of para-hydroxylation sites is 2. The highest BCUT2D eigenvalue weighted by Crippen LogP contribution is 2.40. The number of nitrogens with zero attached hydrogens (tertiary/aromatic N) is 2. The smallest absolute Gasteiger partial charge is 0.123 e. The molecule has 0 spiro atoms. The second kappa shape index (κ2) is 7.00. The highest BCUT2D eigenvalue weighted by Gasteiger charge is 2.21. The number of phenols is 1. The van der Waals surface area contributed by atoms with Gasteiger partial charge in [0.2, 0.25) is 0 Å². The van der Waals surface area contributed by atoms with Gasteiger partial charge in [0, 0.05) is 16.7 Å². The van der Waals surface area contributed by atoms with Crippen molar-refractivity contribution in [2.24, 2.45) is 0 Å². The summed E-state index contributed by atoms with van der Waals surface area (Å²) in [5, 5.41) is 15.3. The van der Waals surface area contributed by atoms with Crippen LogP contribution in [0, 0.1) is 6.92 Å². The average Bonchev–Trinajstić information content (AvgIpc) is 3.06. The Morgan fingerprint density at radius 2 is 1.52 bits per heavy atom. The first-order valence-electron chi connectivity index (χ1n) is 8.77. The topological polar surface area (TPSA) is 47.3 Å². The van der Waals surface area contributed by atoms with Crippen LogP contribution in [0.25, 0.3) is 28.1 Å². The zero-order valence-electron chi connectivity index (χ0n) is 15.3. The maximum atomic E-state index is 10.5. The van der Waals surface area contributed by atoms with Crippen molar-refractivity contribution in [2.75, 3.05) is 7.11 Å². The predicted molar refractivity (Wildman–Crippen MR) is 107 cm³/mol. The van der Waals surface area contributed by atoms with E-state index in [1.54, 1.807) is 13.2 Å². The molecule has 27 heavy (non-hydrogen) atoms. The van der Waals surface area contributed by atoms with Gasteiger partial charge in [0.25, 0.3) is 0 Å². The van der Waals surface area contributed by atoms with Crippen LogP contribution in [0.1, 0.15) is 5.69 Å². The van der Waals surface area contributed by atoms with Crippen LogP contribution in [0.3, 0.4) is 0 Å². The van der Waals surface area contributed by atoms with Gasteiger partial charge in [-0.3, -0.25) is 0 Å². The number of hydrogen-bond donors (Lipinski definition) is 1. The second-order valence-electron chi connectivity index (χ2n) is 6.30. The molecule has 4 nitrogen and oxygen atoms in total. The Morgan fingerprint density at radius 1 is 0.852 bits per heavy atom. The number of phenolic OH excluding ortho intramolecular Hbond substituents is 1. The maximum absolute atomic E-state index is 10.5. The summed E-state index contributed by atoms with van der Waals surface area (Å²) in [6.07, 6.45) is 0. The molecule has 0 saturated carbocycles. The van der Waals surface area contributed by atoms with Crippen LogP contribution in [-0.4, -0.2) is 22.0 Å². The molecule has 0 aliphatic heterocycles. The van der Waals surface area contributed by atoms with Crippen LogP contribution in [-0.2, 0) is 0 Å². The molecule has 0 amide bonds. The summed E-state index contributed by atoms with van der Waals surface area (Å²) in [4.78, 5) is 0. The monoisotopic (exact) mass is 356 g/mol. The lowest BCUT2D eigenvalue weighted by Crippen LogP contribution is -1.99. The normalized spacial score (nSPS) is 10.7. The van der Waals surface area contributed by atoms with Gasteiger partial charge >= 0.3 is 0 Å². The summed E-state index contributed by atoms with van der Waals surface area (Å²) in [7, 11) is 1.65. The van der Waals surface area contributed by atoms with E-state index in [1.165, 1.54) is 0 Å². The molecule has 134 valence electrons. The zero-order chi connectivity index (χ0) is 18.8. The molecular weight excluding hydrogens is 336 g/mol. The molecule has 0 aliphatic carbocycles. The number of ether oxygens (including phenoxy) is 1. The highest BCUT2D eigenvalue weighted by atomic mass is 16.5. The first kappa shape index (κ1) is 16.9. The van der Waals surface area contributed by atoms with Crippen molar-refractivity contribution in [3.8, 4) is 39.6 Å². The number of benzene rings is 3. The van der Waals surface area contributed by atoms with Crippen LogP contribution in [0.15, 0.2) is 78.9 Å². The average molecular weight is 356 g/mol. The fourth-order valence-electron chi connectivity index (χ4n) is 3.31. The van der Waals surface area contributed by atoms with Gasteiger partial charge in [0.1, 0.15) is 11.5 Å². The van der Waals surface area contributed by atoms with E-state index in [0.717, 1.165) is 39.5 Å². The molecule has 0 unspecified atom stereocenters. The summed E-state index contributed by atoms with van der Waals surface area (Å²) < 4.78 is 7.23. The number of methoxy groups -OCH3 is 1. The first-order valence-corrected chi connectivity index (χ1v) is 8.77. The second-order valence-corrected chi connectivity index (χ2v) is 6.30. The standard InChI is InChI=1S/C23H20N2O2/c1-16-22(20-10-6-7-11-21(20)26)23(17-12-14-19(27-2)15-13-17)25(24-16)18-8-4-3-5-9-18/h3-15,26H,1-2H3. The molecule has 1 aromatic heterocycles. The summed E-state index contributed by atoms with van der Waals surface area (Å²) in [5.41, 5.74) is 5.44. The number of hydrogen-bond acceptors (Lipinski definition) is 3. The van der Waals surface area contributed by atoms with E-state index in [4.69, 9.17) is 9.84 Å². The van der Waals surface area contributed by atoms with E-state index in [-0.39, 0.29) is 5.75 Å². The van der Waals surface area contributed by atoms with Gasteiger partial charge in [-0.2, -0.15) is 5.10 Å². The van der Waals surface area contributed by atoms with Crippen molar-refractivity contribution >= 4 is 0 Å². The minimum Gasteiger partial charge on any atom is -0.507 e. The van der Waals surface area contributed by atoms with Crippen molar-refractivity contribution in [2.45, 2.75) is 6.92 Å². The van der Waals surface area contributed by atoms with Crippen LogP contribution in [0.2, 0.25) is 0 Å². The third kappa shape index (κ3) is 3.06. The van der Waals surface area contributed by atoms with Crippen molar-refractivity contribution < 1.29 is 9.84 Å². The Labute approximate surface area is 158 Å². The molecule has 4 aromatic rings. The van der Waals surface area contributed by atoms with Gasteiger partial charge in [0.05, 0.1) is 24.2 Å². The van der Waals surface area contributed by atoms with Crippen LogP contribution < -0.4 is 4.74 Å². The van der Waals surface area contributed by atoms with Crippen molar-refractivity contribution in [3.05, 3.63) is 84.6 Å². The fourth-order valence-corrected chi connectivity index (χ4v) is 3.31. The SMILES string of the molecule is COc1ccc(-c2c(-c3ccccc3O)c(C)nn2-c2ccccc2)cc1. The van der Waals surface area contributed by atoms with Crippen LogP contribution in [0.4, 0.5) is 0 Å². The molecule has 0 bridgehead atoms. The Bertz CT molecular complexity index is 1070. The maximum Gasteiger partial charge on any atom is 0.123 e. The lowest BCUT2D eigenvalue weighted by Gasteiger charge is -2.12. The molecular formula is C23H20N2O2. The molecule has 4 rings (SSSR count). The fraction of sp³-hybridized carbons (Fsp3) is 0.0870. The van der Waals surface area contributed by atoms with E-state index in [0.29, 0.717) is 0 Å². The summed E-state index contributed by atoms with van der Waals surface area (Å²) in [6.45, 7) is 1.97. The van der Waals surface area contributed by atoms with E-state index in [9.17, 15) is 5.11 Å². The van der Waals surface area contributed by atoms with E-state index < -0.39 is 0 Å².